The van der Waals surface area contributed by atoms with E-state index in [4.69, 9.17) is 5.11 Å². The molecule has 0 radical (unpaired) electrons. The molecule has 1 unspecified atom stereocenters. The number of nitrogens with one attached hydrogen (secondary N) is 1. The van der Waals surface area contributed by atoms with Gasteiger partial charge in [0.15, 0.2) is 0 Å². The third-order valence-corrected chi connectivity index (χ3v) is 2.15. The van der Waals surface area contributed by atoms with Crippen molar-refractivity contribution < 1.29 is 10.2 Å². The molecule has 78 valence electrons. The molecule has 0 saturated heterocycles. The van der Waals surface area contributed by atoms with Gasteiger partial charge in [-0.1, -0.05) is 17.7 Å². The van der Waals surface area contributed by atoms with Crippen molar-refractivity contribution in [3.05, 3.63) is 29.3 Å². The lowest BCUT2D eigenvalue weighted by Gasteiger charge is -2.11. The summed E-state index contributed by atoms with van der Waals surface area (Å²) in [5, 5.41) is 21.4. The van der Waals surface area contributed by atoms with Crippen LogP contribution in [-0.4, -0.2) is 22.9 Å². The quantitative estimate of drug-likeness (QED) is 0.676. The number of aromatic hydroxyl groups is 1. The lowest BCUT2D eigenvalue weighted by Crippen LogP contribution is -2.28. The SMILES string of the molecule is Cc1ccc(O)c(CNC(C)CO)c1. The number of phenolic OH excluding ortho intramolecular Hbond substituents is 1. The number of hydrogen-bond donors (Lipinski definition) is 3. The van der Waals surface area contributed by atoms with E-state index in [9.17, 15) is 5.11 Å². The van der Waals surface area contributed by atoms with Crippen LogP contribution >= 0.6 is 0 Å². The fraction of sp³-hybridized carbons (Fsp3) is 0.455. The van der Waals surface area contributed by atoms with Crippen LogP contribution in [-0.2, 0) is 6.54 Å². The maximum Gasteiger partial charge on any atom is 0.120 e. The van der Waals surface area contributed by atoms with Crippen molar-refractivity contribution in [2.24, 2.45) is 0 Å². The monoisotopic (exact) mass is 195 g/mol. The zero-order valence-corrected chi connectivity index (χ0v) is 8.62. The number of benzene rings is 1. The van der Waals surface area contributed by atoms with Gasteiger partial charge in [-0.05, 0) is 19.9 Å². The predicted octanol–water partition coefficient (Wildman–Crippen LogP) is 1.17. The van der Waals surface area contributed by atoms with Gasteiger partial charge in [0.05, 0.1) is 6.61 Å². The molecule has 0 fully saturated rings. The van der Waals surface area contributed by atoms with E-state index in [1.165, 1.54) is 0 Å². The number of phenols is 1. The standard InChI is InChI=1S/C11H17NO2/c1-8-3-4-11(14)10(5-8)6-12-9(2)7-13/h3-5,9,12-14H,6-7H2,1-2H3. The van der Waals surface area contributed by atoms with E-state index in [0.29, 0.717) is 12.3 Å². The van der Waals surface area contributed by atoms with Crippen LogP contribution in [0.1, 0.15) is 18.1 Å². The molecule has 0 aliphatic rings. The third kappa shape index (κ3) is 3.01. The second-order valence-corrected chi connectivity index (χ2v) is 3.60. The Hall–Kier alpha value is -1.06. The van der Waals surface area contributed by atoms with Crippen LogP contribution in [0.3, 0.4) is 0 Å². The highest BCUT2D eigenvalue weighted by Gasteiger charge is 2.03. The van der Waals surface area contributed by atoms with Crippen LogP contribution < -0.4 is 5.32 Å². The Morgan fingerprint density at radius 1 is 1.43 bits per heavy atom. The molecule has 0 heterocycles. The number of rotatable bonds is 4. The molecule has 0 amide bonds. The average molecular weight is 195 g/mol. The van der Waals surface area contributed by atoms with E-state index < -0.39 is 0 Å². The minimum absolute atomic E-state index is 0.0508. The van der Waals surface area contributed by atoms with Gasteiger partial charge < -0.3 is 15.5 Å². The molecular formula is C11H17NO2. The molecule has 0 aliphatic heterocycles. The molecule has 14 heavy (non-hydrogen) atoms. The maximum absolute atomic E-state index is 9.52. The van der Waals surface area contributed by atoms with Gasteiger partial charge in [0, 0.05) is 18.2 Å². The first kappa shape index (κ1) is 11.0. The van der Waals surface area contributed by atoms with Crippen LogP contribution in [0.15, 0.2) is 18.2 Å². The van der Waals surface area contributed by atoms with Gasteiger partial charge in [-0.3, -0.25) is 0 Å². The lowest BCUT2D eigenvalue weighted by molar-refractivity contribution is 0.250. The highest BCUT2D eigenvalue weighted by molar-refractivity contribution is 5.35. The molecule has 3 heteroatoms. The molecule has 0 aliphatic carbocycles. The van der Waals surface area contributed by atoms with Crippen molar-refractivity contribution in [2.45, 2.75) is 26.4 Å². The normalized spacial score (nSPS) is 12.8. The van der Waals surface area contributed by atoms with Crippen molar-refractivity contribution in [1.29, 1.82) is 0 Å². The Labute approximate surface area is 84.4 Å². The summed E-state index contributed by atoms with van der Waals surface area (Å²) in [6.45, 7) is 4.56. The second kappa shape index (κ2) is 4.98. The van der Waals surface area contributed by atoms with Crippen LogP contribution in [0.25, 0.3) is 0 Å². The van der Waals surface area contributed by atoms with Crippen LogP contribution in [0.4, 0.5) is 0 Å². The summed E-state index contributed by atoms with van der Waals surface area (Å²) >= 11 is 0. The summed E-state index contributed by atoms with van der Waals surface area (Å²) in [7, 11) is 0. The van der Waals surface area contributed by atoms with Crippen LogP contribution in [0.2, 0.25) is 0 Å². The predicted molar refractivity (Wildman–Crippen MR) is 56.2 cm³/mol. The maximum atomic E-state index is 9.52. The number of aliphatic hydroxyl groups is 1. The Kier molecular flexibility index (Phi) is 3.92. The summed E-state index contributed by atoms with van der Waals surface area (Å²) in [5.41, 5.74) is 1.99. The molecular weight excluding hydrogens is 178 g/mol. The molecule has 0 aromatic heterocycles. The third-order valence-electron chi connectivity index (χ3n) is 2.15. The molecule has 0 spiro atoms. The molecule has 0 saturated carbocycles. The Balaban J connectivity index is 2.62. The van der Waals surface area contributed by atoms with E-state index in [-0.39, 0.29) is 12.6 Å². The first-order valence-electron chi connectivity index (χ1n) is 4.76. The van der Waals surface area contributed by atoms with Crippen LogP contribution in [0, 0.1) is 6.92 Å². The Morgan fingerprint density at radius 3 is 2.79 bits per heavy atom. The van der Waals surface area contributed by atoms with E-state index in [2.05, 4.69) is 5.32 Å². The van der Waals surface area contributed by atoms with Gasteiger partial charge in [0.25, 0.3) is 0 Å². The highest BCUT2D eigenvalue weighted by atomic mass is 16.3. The summed E-state index contributed by atoms with van der Waals surface area (Å²) in [6, 6.07) is 5.55. The molecule has 1 aromatic rings. The molecule has 1 atom stereocenters. The van der Waals surface area contributed by atoms with Gasteiger partial charge in [-0.25, -0.2) is 0 Å². The minimum atomic E-state index is 0.0508. The van der Waals surface area contributed by atoms with E-state index in [1.54, 1.807) is 6.07 Å². The molecule has 3 nitrogen and oxygen atoms in total. The molecule has 0 bridgehead atoms. The summed E-state index contributed by atoms with van der Waals surface area (Å²) in [4.78, 5) is 0. The van der Waals surface area contributed by atoms with Crippen molar-refractivity contribution in [3.8, 4) is 5.75 Å². The van der Waals surface area contributed by atoms with E-state index >= 15 is 0 Å². The zero-order chi connectivity index (χ0) is 10.6. The molecule has 3 N–H and O–H groups in total. The van der Waals surface area contributed by atoms with Gasteiger partial charge in [0.1, 0.15) is 5.75 Å². The fourth-order valence-corrected chi connectivity index (χ4v) is 1.20. The first-order chi connectivity index (χ1) is 6.63. The fourth-order valence-electron chi connectivity index (χ4n) is 1.20. The summed E-state index contributed by atoms with van der Waals surface area (Å²) in [6.07, 6.45) is 0. The average Bonchev–Trinajstić information content (AvgIpc) is 2.19. The first-order valence-corrected chi connectivity index (χ1v) is 4.76. The Bertz CT molecular complexity index is 299. The Morgan fingerprint density at radius 2 is 2.14 bits per heavy atom. The van der Waals surface area contributed by atoms with Crippen LogP contribution in [0.5, 0.6) is 5.75 Å². The number of aliphatic hydroxyl groups excluding tert-OH is 1. The van der Waals surface area contributed by atoms with Crippen molar-refractivity contribution >= 4 is 0 Å². The topological polar surface area (TPSA) is 52.5 Å². The number of hydrogen-bond acceptors (Lipinski definition) is 3. The van der Waals surface area contributed by atoms with Crippen molar-refractivity contribution in [2.75, 3.05) is 6.61 Å². The summed E-state index contributed by atoms with van der Waals surface area (Å²) in [5.74, 6) is 0.299. The van der Waals surface area contributed by atoms with E-state index in [1.807, 2.05) is 26.0 Å². The van der Waals surface area contributed by atoms with Crippen molar-refractivity contribution in [1.82, 2.24) is 5.32 Å². The minimum Gasteiger partial charge on any atom is -0.508 e. The van der Waals surface area contributed by atoms with Gasteiger partial charge in [-0.2, -0.15) is 0 Å². The van der Waals surface area contributed by atoms with Gasteiger partial charge >= 0.3 is 0 Å². The van der Waals surface area contributed by atoms with Gasteiger partial charge in [0.2, 0.25) is 0 Å². The second-order valence-electron chi connectivity index (χ2n) is 3.60. The molecule has 1 rings (SSSR count). The largest absolute Gasteiger partial charge is 0.508 e. The number of aryl methyl sites for hydroxylation is 1. The van der Waals surface area contributed by atoms with Gasteiger partial charge in [-0.15, -0.1) is 0 Å². The van der Waals surface area contributed by atoms with E-state index in [0.717, 1.165) is 11.1 Å². The molecule has 1 aromatic carbocycles. The summed E-state index contributed by atoms with van der Waals surface area (Å²) < 4.78 is 0. The highest BCUT2D eigenvalue weighted by Crippen LogP contribution is 2.17. The smallest absolute Gasteiger partial charge is 0.120 e. The van der Waals surface area contributed by atoms with Crippen molar-refractivity contribution in [3.63, 3.8) is 0 Å². The zero-order valence-electron chi connectivity index (χ0n) is 8.62. The lowest BCUT2D eigenvalue weighted by atomic mass is 10.1.